The number of rotatable bonds is 1. The van der Waals surface area contributed by atoms with E-state index >= 15 is 0 Å². The van der Waals surface area contributed by atoms with Crippen LogP contribution in [0.1, 0.15) is 5.56 Å². The highest BCUT2D eigenvalue weighted by molar-refractivity contribution is 5.93. The summed E-state index contributed by atoms with van der Waals surface area (Å²) >= 11 is 0. The second kappa shape index (κ2) is 3.42. The van der Waals surface area contributed by atoms with E-state index in [2.05, 4.69) is 4.98 Å². The van der Waals surface area contributed by atoms with Gasteiger partial charge in [0.25, 0.3) is 5.56 Å². The van der Waals surface area contributed by atoms with Gasteiger partial charge < -0.3 is 9.88 Å². The number of nitrogens with zero attached hydrogens (tertiary/aromatic N) is 2. The molecule has 1 N–H and O–H groups in total. The van der Waals surface area contributed by atoms with E-state index in [1.165, 1.54) is 4.90 Å². The maximum atomic E-state index is 11.7. The van der Waals surface area contributed by atoms with Gasteiger partial charge in [0.2, 0.25) is 0 Å². The Hall–Kier alpha value is -1.78. The fourth-order valence-corrected chi connectivity index (χ4v) is 1.65. The molecule has 1 aromatic heterocycles. The topological polar surface area (TPSA) is 56.4 Å². The number of anilines is 1. The molecular formula is C10H13N3O2. The van der Waals surface area contributed by atoms with E-state index < -0.39 is 0 Å². The Balaban J connectivity index is 2.42. The summed E-state index contributed by atoms with van der Waals surface area (Å²) in [7, 11) is 1.73. The van der Waals surface area contributed by atoms with Crippen LogP contribution < -0.4 is 10.5 Å². The van der Waals surface area contributed by atoms with Crippen LogP contribution in [0.2, 0.25) is 0 Å². The van der Waals surface area contributed by atoms with Gasteiger partial charge in [0.15, 0.2) is 0 Å². The van der Waals surface area contributed by atoms with Crippen molar-refractivity contribution in [3.8, 4) is 0 Å². The number of urea groups is 1. The molecule has 15 heavy (non-hydrogen) atoms. The summed E-state index contributed by atoms with van der Waals surface area (Å²) < 4.78 is 0. The molecule has 2 heterocycles. The van der Waals surface area contributed by atoms with Gasteiger partial charge in [0.1, 0.15) is 5.69 Å². The molecule has 1 aromatic rings. The third-order valence-electron chi connectivity index (χ3n) is 2.54. The summed E-state index contributed by atoms with van der Waals surface area (Å²) in [5.41, 5.74) is 1.15. The molecule has 2 amide bonds. The Morgan fingerprint density at radius 3 is 2.67 bits per heavy atom. The van der Waals surface area contributed by atoms with Crippen molar-refractivity contribution in [1.82, 2.24) is 9.88 Å². The third kappa shape index (κ3) is 1.60. The average Bonchev–Trinajstić information content (AvgIpc) is 2.52. The third-order valence-corrected chi connectivity index (χ3v) is 2.54. The van der Waals surface area contributed by atoms with Crippen LogP contribution in [0.25, 0.3) is 0 Å². The minimum absolute atomic E-state index is 0.119. The Labute approximate surface area is 87.3 Å². The van der Waals surface area contributed by atoms with Gasteiger partial charge in [0.05, 0.1) is 0 Å². The van der Waals surface area contributed by atoms with E-state index in [0.29, 0.717) is 18.8 Å². The van der Waals surface area contributed by atoms with Gasteiger partial charge >= 0.3 is 6.03 Å². The van der Waals surface area contributed by atoms with E-state index in [0.717, 1.165) is 5.56 Å². The second-order valence-corrected chi connectivity index (χ2v) is 3.75. The molecule has 1 saturated heterocycles. The van der Waals surface area contributed by atoms with E-state index in [9.17, 15) is 9.59 Å². The number of hydrogen-bond acceptors (Lipinski definition) is 2. The number of hydrogen-bond donors (Lipinski definition) is 1. The maximum absolute atomic E-state index is 11.7. The SMILES string of the molecule is Cc1c[nH]c(=O)c(N2CCN(C)C2=O)c1. The van der Waals surface area contributed by atoms with Gasteiger partial charge in [-0.3, -0.25) is 9.69 Å². The average molecular weight is 207 g/mol. The number of H-pyrrole nitrogens is 1. The number of aromatic amines is 1. The van der Waals surface area contributed by atoms with Crippen molar-refractivity contribution in [3.63, 3.8) is 0 Å². The molecule has 1 fully saturated rings. The van der Waals surface area contributed by atoms with Gasteiger partial charge in [0, 0.05) is 26.3 Å². The van der Waals surface area contributed by atoms with Crippen molar-refractivity contribution in [2.75, 3.05) is 25.0 Å². The smallest absolute Gasteiger partial charge is 0.324 e. The lowest BCUT2D eigenvalue weighted by atomic mass is 10.3. The van der Waals surface area contributed by atoms with Crippen LogP contribution in [-0.4, -0.2) is 36.1 Å². The van der Waals surface area contributed by atoms with Gasteiger partial charge in [-0.2, -0.15) is 0 Å². The molecule has 0 aromatic carbocycles. The van der Waals surface area contributed by atoms with Crippen LogP contribution in [0, 0.1) is 6.92 Å². The number of aryl methyl sites for hydroxylation is 1. The fraction of sp³-hybridized carbons (Fsp3) is 0.400. The Bertz CT molecular complexity index is 452. The number of carbonyl (C=O) groups excluding carboxylic acids is 1. The first kappa shape index (κ1) is 9.76. The Morgan fingerprint density at radius 1 is 1.33 bits per heavy atom. The second-order valence-electron chi connectivity index (χ2n) is 3.75. The molecule has 0 saturated carbocycles. The quantitative estimate of drug-likeness (QED) is 0.731. The highest BCUT2D eigenvalue weighted by Crippen LogP contribution is 2.15. The largest absolute Gasteiger partial charge is 0.327 e. The first-order chi connectivity index (χ1) is 7.09. The van der Waals surface area contributed by atoms with Gasteiger partial charge in [-0.1, -0.05) is 0 Å². The number of nitrogens with one attached hydrogen (secondary N) is 1. The molecule has 0 bridgehead atoms. The molecule has 5 nitrogen and oxygen atoms in total. The summed E-state index contributed by atoms with van der Waals surface area (Å²) in [4.78, 5) is 28.9. The molecule has 80 valence electrons. The lowest BCUT2D eigenvalue weighted by Gasteiger charge is -2.15. The Kier molecular flexibility index (Phi) is 2.22. The molecule has 5 heteroatoms. The van der Waals surface area contributed by atoms with E-state index in [-0.39, 0.29) is 11.6 Å². The number of carbonyl (C=O) groups is 1. The van der Waals surface area contributed by atoms with Crippen LogP contribution in [-0.2, 0) is 0 Å². The zero-order chi connectivity index (χ0) is 11.0. The number of aromatic nitrogens is 1. The van der Waals surface area contributed by atoms with Crippen molar-refractivity contribution in [1.29, 1.82) is 0 Å². The van der Waals surface area contributed by atoms with Gasteiger partial charge in [-0.25, -0.2) is 4.79 Å². The summed E-state index contributed by atoms with van der Waals surface area (Å²) in [6.07, 6.45) is 1.64. The summed E-state index contributed by atoms with van der Waals surface area (Å²) in [6, 6.07) is 1.61. The minimum Gasteiger partial charge on any atom is -0.327 e. The van der Waals surface area contributed by atoms with Crippen LogP contribution in [0.4, 0.5) is 10.5 Å². The molecule has 1 aliphatic heterocycles. The molecule has 0 radical (unpaired) electrons. The Morgan fingerprint density at radius 2 is 2.07 bits per heavy atom. The van der Waals surface area contributed by atoms with E-state index in [4.69, 9.17) is 0 Å². The number of pyridine rings is 1. The summed E-state index contributed by atoms with van der Waals surface area (Å²) in [5.74, 6) is 0. The zero-order valence-corrected chi connectivity index (χ0v) is 8.78. The molecule has 1 aliphatic rings. The summed E-state index contributed by atoms with van der Waals surface area (Å²) in [6.45, 7) is 3.11. The van der Waals surface area contributed by atoms with Crippen molar-refractivity contribution in [2.24, 2.45) is 0 Å². The maximum Gasteiger partial charge on any atom is 0.324 e. The van der Waals surface area contributed by atoms with Crippen molar-refractivity contribution >= 4 is 11.7 Å². The van der Waals surface area contributed by atoms with Crippen LogP contribution in [0.15, 0.2) is 17.1 Å². The normalized spacial score (nSPS) is 16.3. The predicted molar refractivity (Wildman–Crippen MR) is 57.2 cm³/mol. The van der Waals surface area contributed by atoms with Gasteiger partial charge in [-0.15, -0.1) is 0 Å². The molecule has 2 rings (SSSR count). The zero-order valence-electron chi connectivity index (χ0n) is 8.78. The minimum atomic E-state index is -0.218. The van der Waals surface area contributed by atoms with Crippen molar-refractivity contribution < 1.29 is 4.79 Å². The standard InChI is InChI=1S/C10H13N3O2/c1-7-5-8(9(14)11-6-7)13-4-3-12(2)10(13)15/h5-6H,3-4H2,1-2H3,(H,11,14). The fourth-order valence-electron chi connectivity index (χ4n) is 1.65. The lowest BCUT2D eigenvalue weighted by molar-refractivity contribution is 0.229. The van der Waals surface area contributed by atoms with E-state index in [1.54, 1.807) is 24.2 Å². The highest BCUT2D eigenvalue weighted by Gasteiger charge is 2.28. The van der Waals surface area contributed by atoms with Crippen LogP contribution in [0.5, 0.6) is 0 Å². The molecule has 0 atom stereocenters. The first-order valence-electron chi connectivity index (χ1n) is 4.81. The number of likely N-dealkylation sites (N-methyl/N-ethyl adjacent to an activating group) is 1. The summed E-state index contributed by atoms with van der Waals surface area (Å²) in [5, 5.41) is 0. The first-order valence-corrected chi connectivity index (χ1v) is 4.81. The predicted octanol–water partition coefficient (Wildman–Crippen LogP) is 0.555. The molecule has 0 aliphatic carbocycles. The van der Waals surface area contributed by atoms with Crippen LogP contribution in [0.3, 0.4) is 0 Å². The highest BCUT2D eigenvalue weighted by atomic mass is 16.2. The van der Waals surface area contributed by atoms with Crippen LogP contribution >= 0.6 is 0 Å². The van der Waals surface area contributed by atoms with Crippen molar-refractivity contribution in [3.05, 3.63) is 28.2 Å². The van der Waals surface area contributed by atoms with Crippen molar-refractivity contribution in [2.45, 2.75) is 6.92 Å². The van der Waals surface area contributed by atoms with E-state index in [1.807, 2.05) is 6.92 Å². The molecular weight excluding hydrogens is 194 g/mol. The molecule has 0 spiro atoms. The molecule has 0 unspecified atom stereocenters. The number of amides is 2. The monoisotopic (exact) mass is 207 g/mol. The van der Waals surface area contributed by atoms with Gasteiger partial charge in [-0.05, 0) is 18.6 Å². The lowest BCUT2D eigenvalue weighted by Crippen LogP contribution is -2.33.